The first kappa shape index (κ1) is 15.0. The predicted octanol–water partition coefficient (Wildman–Crippen LogP) is 1.86. The molecule has 108 valence electrons. The number of ether oxygens (including phenoxy) is 1. The van der Waals surface area contributed by atoms with Crippen molar-refractivity contribution in [1.82, 2.24) is 4.90 Å². The van der Waals surface area contributed by atoms with Crippen LogP contribution in [0.4, 0.5) is 0 Å². The van der Waals surface area contributed by atoms with E-state index in [0.717, 1.165) is 18.5 Å². The highest BCUT2D eigenvalue weighted by Gasteiger charge is 2.35. The zero-order chi connectivity index (χ0) is 14.6. The number of nitrogens with zero attached hydrogens (tertiary/aromatic N) is 2. The third-order valence-electron chi connectivity index (χ3n) is 3.99. The topological polar surface area (TPSA) is 62.3 Å². The molecule has 0 radical (unpaired) electrons. The van der Waals surface area contributed by atoms with Gasteiger partial charge < -0.3 is 10.5 Å². The van der Waals surface area contributed by atoms with Gasteiger partial charge >= 0.3 is 0 Å². The van der Waals surface area contributed by atoms with Crippen molar-refractivity contribution < 1.29 is 4.74 Å². The van der Waals surface area contributed by atoms with Crippen LogP contribution in [0.1, 0.15) is 25.8 Å². The van der Waals surface area contributed by atoms with Crippen molar-refractivity contribution in [2.24, 2.45) is 5.73 Å². The van der Waals surface area contributed by atoms with Crippen molar-refractivity contribution in [3.8, 4) is 6.07 Å². The van der Waals surface area contributed by atoms with E-state index in [-0.39, 0.29) is 6.10 Å². The molecule has 1 fully saturated rings. The molecule has 1 heterocycles. The summed E-state index contributed by atoms with van der Waals surface area (Å²) < 4.78 is 5.70. The fourth-order valence-electron chi connectivity index (χ4n) is 2.73. The van der Waals surface area contributed by atoms with E-state index >= 15 is 0 Å². The minimum atomic E-state index is -0.967. The molecule has 0 saturated carbocycles. The monoisotopic (exact) mass is 273 g/mol. The molecule has 3 unspecified atom stereocenters. The van der Waals surface area contributed by atoms with E-state index in [2.05, 4.69) is 24.8 Å². The molecule has 0 spiro atoms. The van der Waals surface area contributed by atoms with Crippen LogP contribution in [0.5, 0.6) is 0 Å². The lowest BCUT2D eigenvalue weighted by molar-refractivity contribution is -0.0602. The first-order chi connectivity index (χ1) is 9.59. The molecule has 1 aromatic rings. The van der Waals surface area contributed by atoms with Gasteiger partial charge in [0, 0.05) is 19.1 Å². The molecule has 0 aromatic heterocycles. The number of morpholine rings is 1. The number of hydrogen-bond acceptors (Lipinski definition) is 4. The Bertz CT molecular complexity index is 470. The molecular formula is C16H23N3O. The van der Waals surface area contributed by atoms with Gasteiger partial charge in [0.2, 0.25) is 0 Å². The van der Waals surface area contributed by atoms with E-state index in [1.54, 1.807) is 0 Å². The van der Waals surface area contributed by atoms with E-state index < -0.39 is 5.54 Å². The van der Waals surface area contributed by atoms with Crippen LogP contribution in [-0.4, -0.2) is 36.7 Å². The molecule has 4 heteroatoms. The predicted molar refractivity (Wildman–Crippen MR) is 79.0 cm³/mol. The van der Waals surface area contributed by atoms with Gasteiger partial charge in [-0.25, -0.2) is 0 Å². The Kier molecular flexibility index (Phi) is 4.77. The van der Waals surface area contributed by atoms with Crippen molar-refractivity contribution in [1.29, 1.82) is 5.26 Å². The van der Waals surface area contributed by atoms with Crippen molar-refractivity contribution in [3.63, 3.8) is 0 Å². The van der Waals surface area contributed by atoms with Gasteiger partial charge in [0.1, 0.15) is 5.54 Å². The van der Waals surface area contributed by atoms with Crippen LogP contribution in [0.25, 0.3) is 0 Å². The van der Waals surface area contributed by atoms with Crippen LogP contribution in [-0.2, 0) is 10.3 Å². The summed E-state index contributed by atoms with van der Waals surface area (Å²) >= 11 is 0. The SMILES string of the molecule is CCC1COC(C)CN1CC(N)(C#N)c1ccccc1. The van der Waals surface area contributed by atoms with Crippen molar-refractivity contribution in [2.45, 2.75) is 38.0 Å². The molecule has 1 saturated heterocycles. The standard InChI is InChI=1S/C16H23N3O/c1-3-15-10-20-13(2)9-19(15)12-16(18,11-17)14-7-5-4-6-8-14/h4-8,13,15H,3,9-10,12,18H2,1-2H3. The van der Waals surface area contributed by atoms with E-state index in [0.29, 0.717) is 19.2 Å². The second-order valence-corrected chi connectivity index (χ2v) is 5.58. The Labute approximate surface area is 121 Å². The van der Waals surface area contributed by atoms with Crippen molar-refractivity contribution in [2.75, 3.05) is 19.7 Å². The molecule has 2 rings (SSSR count). The molecule has 4 nitrogen and oxygen atoms in total. The highest BCUT2D eigenvalue weighted by atomic mass is 16.5. The molecule has 1 aromatic carbocycles. The average Bonchev–Trinajstić information content (AvgIpc) is 2.48. The Morgan fingerprint density at radius 3 is 2.75 bits per heavy atom. The van der Waals surface area contributed by atoms with Crippen molar-refractivity contribution >= 4 is 0 Å². The summed E-state index contributed by atoms with van der Waals surface area (Å²) in [7, 11) is 0. The highest BCUT2D eigenvalue weighted by Crippen LogP contribution is 2.23. The normalized spacial score (nSPS) is 26.7. The molecule has 3 atom stereocenters. The fraction of sp³-hybridized carbons (Fsp3) is 0.562. The molecule has 0 amide bonds. The third kappa shape index (κ3) is 3.18. The van der Waals surface area contributed by atoms with E-state index in [9.17, 15) is 5.26 Å². The number of hydrogen-bond donors (Lipinski definition) is 1. The maximum absolute atomic E-state index is 9.56. The Morgan fingerprint density at radius 1 is 1.45 bits per heavy atom. The van der Waals surface area contributed by atoms with Crippen LogP contribution in [0.3, 0.4) is 0 Å². The van der Waals surface area contributed by atoms with Gasteiger partial charge in [0.25, 0.3) is 0 Å². The van der Waals surface area contributed by atoms with Crippen LogP contribution in [0.15, 0.2) is 30.3 Å². The summed E-state index contributed by atoms with van der Waals surface area (Å²) in [5.41, 5.74) is 6.27. The van der Waals surface area contributed by atoms with Crippen LogP contribution in [0.2, 0.25) is 0 Å². The first-order valence-corrected chi connectivity index (χ1v) is 7.20. The Balaban J connectivity index is 2.18. The van der Waals surface area contributed by atoms with Crippen molar-refractivity contribution in [3.05, 3.63) is 35.9 Å². The van der Waals surface area contributed by atoms with E-state index in [1.807, 2.05) is 30.3 Å². The van der Waals surface area contributed by atoms with Gasteiger partial charge in [-0.05, 0) is 18.9 Å². The summed E-state index contributed by atoms with van der Waals surface area (Å²) in [6.07, 6.45) is 1.19. The molecule has 20 heavy (non-hydrogen) atoms. The van der Waals surface area contributed by atoms with Gasteiger partial charge in [0.05, 0.1) is 18.8 Å². The fourth-order valence-corrected chi connectivity index (χ4v) is 2.73. The molecule has 0 aliphatic carbocycles. The number of benzene rings is 1. The highest BCUT2D eigenvalue weighted by molar-refractivity contribution is 5.31. The molecule has 2 N–H and O–H groups in total. The van der Waals surface area contributed by atoms with Gasteiger partial charge in [-0.15, -0.1) is 0 Å². The smallest absolute Gasteiger partial charge is 0.142 e. The molecule has 1 aliphatic rings. The maximum atomic E-state index is 9.56. The summed E-state index contributed by atoms with van der Waals surface area (Å²) in [5, 5.41) is 9.56. The zero-order valence-corrected chi connectivity index (χ0v) is 12.2. The number of rotatable bonds is 4. The quantitative estimate of drug-likeness (QED) is 0.909. The largest absolute Gasteiger partial charge is 0.376 e. The van der Waals surface area contributed by atoms with E-state index in [1.165, 1.54) is 0 Å². The Hall–Kier alpha value is -1.41. The summed E-state index contributed by atoms with van der Waals surface area (Å²) in [5.74, 6) is 0. The minimum absolute atomic E-state index is 0.191. The molecule has 0 bridgehead atoms. The van der Waals surface area contributed by atoms with Gasteiger partial charge in [-0.2, -0.15) is 5.26 Å². The summed E-state index contributed by atoms with van der Waals surface area (Å²) in [4.78, 5) is 2.30. The average molecular weight is 273 g/mol. The van der Waals surface area contributed by atoms with Crippen LogP contribution < -0.4 is 5.73 Å². The van der Waals surface area contributed by atoms with E-state index in [4.69, 9.17) is 10.5 Å². The minimum Gasteiger partial charge on any atom is -0.376 e. The van der Waals surface area contributed by atoms with Gasteiger partial charge in [0.15, 0.2) is 0 Å². The third-order valence-corrected chi connectivity index (χ3v) is 3.99. The second-order valence-electron chi connectivity index (χ2n) is 5.58. The number of nitrogens with two attached hydrogens (primary N) is 1. The summed E-state index contributed by atoms with van der Waals surface area (Å²) in [6.45, 7) is 6.29. The van der Waals surface area contributed by atoms with Crippen LogP contribution in [0, 0.1) is 11.3 Å². The van der Waals surface area contributed by atoms with Gasteiger partial charge in [-0.3, -0.25) is 4.90 Å². The van der Waals surface area contributed by atoms with Crippen LogP contribution >= 0.6 is 0 Å². The molecular weight excluding hydrogens is 250 g/mol. The number of nitriles is 1. The molecule has 1 aliphatic heterocycles. The zero-order valence-electron chi connectivity index (χ0n) is 12.2. The Morgan fingerprint density at radius 2 is 2.15 bits per heavy atom. The first-order valence-electron chi connectivity index (χ1n) is 7.20. The lowest BCUT2D eigenvalue weighted by Gasteiger charge is -2.41. The van der Waals surface area contributed by atoms with Gasteiger partial charge in [-0.1, -0.05) is 37.3 Å². The lowest BCUT2D eigenvalue weighted by atomic mass is 9.91. The lowest BCUT2D eigenvalue weighted by Crippen LogP contribution is -2.55. The maximum Gasteiger partial charge on any atom is 0.142 e. The summed E-state index contributed by atoms with van der Waals surface area (Å²) in [6, 6.07) is 12.3. The second kappa shape index (κ2) is 6.36.